The van der Waals surface area contributed by atoms with Crippen LogP contribution >= 0.6 is 11.8 Å². The fourth-order valence-electron chi connectivity index (χ4n) is 0.925. The van der Waals surface area contributed by atoms with Gasteiger partial charge >= 0.3 is 5.97 Å². The van der Waals surface area contributed by atoms with Gasteiger partial charge in [0.25, 0.3) is 5.56 Å². The maximum absolute atomic E-state index is 11.2. The Hall–Kier alpha value is -1.30. The molecule has 0 aliphatic heterocycles. The second kappa shape index (κ2) is 7.05. The van der Waals surface area contributed by atoms with Crippen molar-refractivity contribution in [2.24, 2.45) is 0 Å². The fraction of sp³-hybridized carbons (Fsp3) is 0.500. The average molecular weight is 242 g/mol. The standard InChI is InChI=1S/C10H14N2O3S/c1-2-3-6-15-9(14)7-16-10-11-5-4-8(13)12-10/h4-5H,2-3,6-7H2,1H3,(H,11,12,13). The molecule has 1 aromatic rings. The number of hydrogen-bond acceptors (Lipinski definition) is 5. The van der Waals surface area contributed by atoms with Gasteiger partial charge in [-0.05, 0) is 6.42 Å². The number of hydrogen-bond donors (Lipinski definition) is 1. The molecule has 1 heterocycles. The number of rotatable bonds is 6. The molecule has 0 saturated heterocycles. The normalized spacial score (nSPS) is 10.1. The number of carbonyl (C=O) groups is 1. The van der Waals surface area contributed by atoms with Gasteiger partial charge in [-0.25, -0.2) is 4.98 Å². The molecule has 0 spiro atoms. The van der Waals surface area contributed by atoms with Crippen molar-refractivity contribution in [2.75, 3.05) is 12.4 Å². The lowest BCUT2D eigenvalue weighted by Gasteiger charge is -2.02. The Bertz CT molecular complexity index is 392. The largest absolute Gasteiger partial charge is 0.465 e. The van der Waals surface area contributed by atoms with Gasteiger partial charge in [-0.2, -0.15) is 0 Å². The highest BCUT2D eigenvalue weighted by Gasteiger charge is 2.04. The van der Waals surface area contributed by atoms with E-state index in [4.69, 9.17) is 4.74 Å². The van der Waals surface area contributed by atoms with Gasteiger partial charge in [0.2, 0.25) is 0 Å². The number of thioether (sulfide) groups is 1. The van der Waals surface area contributed by atoms with Crippen LogP contribution < -0.4 is 5.56 Å². The Morgan fingerprint density at radius 2 is 2.44 bits per heavy atom. The molecule has 0 aromatic carbocycles. The van der Waals surface area contributed by atoms with Crippen LogP contribution in [0.5, 0.6) is 0 Å². The number of H-pyrrole nitrogens is 1. The molecule has 0 aliphatic carbocycles. The van der Waals surface area contributed by atoms with E-state index < -0.39 is 0 Å². The minimum Gasteiger partial charge on any atom is -0.465 e. The number of nitrogens with one attached hydrogen (secondary N) is 1. The van der Waals surface area contributed by atoms with E-state index in [9.17, 15) is 9.59 Å². The van der Waals surface area contributed by atoms with Crippen LogP contribution in [-0.4, -0.2) is 28.3 Å². The van der Waals surface area contributed by atoms with Gasteiger partial charge in [-0.3, -0.25) is 9.59 Å². The summed E-state index contributed by atoms with van der Waals surface area (Å²) in [6, 6.07) is 1.32. The van der Waals surface area contributed by atoms with Crippen molar-refractivity contribution in [1.82, 2.24) is 9.97 Å². The van der Waals surface area contributed by atoms with E-state index in [1.807, 2.05) is 6.92 Å². The summed E-state index contributed by atoms with van der Waals surface area (Å²) in [7, 11) is 0. The minimum absolute atomic E-state index is 0.163. The van der Waals surface area contributed by atoms with Crippen LogP contribution in [0.25, 0.3) is 0 Å². The number of carbonyl (C=O) groups excluding carboxylic acids is 1. The maximum Gasteiger partial charge on any atom is 0.316 e. The number of unbranched alkanes of at least 4 members (excludes halogenated alkanes) is 1. The summed E-state index contributed by atoms with van der Waals surface area (Å²) in [6.07, 6.45) is 3.27. The number of ether oxygens (including phenoxy) is 1. The zero-order valence-corrected chi connectivity index (χ0v) is 9.88. The van der Waals surface area contributed by atoms with E-state index in [0.717, 1.165) is 24.6 Å². The second-order valence-corrected chi connectivity index (χ2v) is 4.07. The Morgan fingerprint density at radius 1 is 1.62 bits per heavy atom. The second-order valence-electron chi connectivity index (χ2n) is 3.10. The van der Waals surface area contributed by atoms with Crippen molar-refractivity contribution in [1.29, 1.82) is 0 Å². The molecule has 0 unspecified atom stereocenters. The summed E-state index contributed by atoms with van der Waals surface area (Å²) >= 11 is 1.16. The highest BCUT2D eigenvalue weighted by atomic mass is 32.2. The Labute approximate surface area is 97.6 Å². The smallest absolute Gasteiger partial charge is 0.316 e. The van der Waals surface area contributed by atoms with Crippen molar-refractivity contribution in [3.63, 3.8) is 0 Å². The zero-order valence-electron chi connectivity index (χ0n) is 9.06. The molecule has 1 N–H and O–H groups in total. The molecular weight excluding hydrogens is 228 g/mol. The summed E-state index contributed by atoms with van der Waals surface area (Å²) in [6.45, 7) is 2.48. The van der Waals surface area contributed by atoms with E-state index in [0.29, 0.717) is 11.8 Å². The van der Waals surface area contributed by atoms with Crippen molar-refractivity contribution in [3.8, 4) is 0 Å². The quantitative estimate of drug-likeness (QED) is 0.351. The van der Waals surface area contributed by atoms with Gasteiger partial charge < -0.3 is 9.72 Å². The van der Waals surface area contributed by atoms with Crippen molar-refractivity contribution >= 4 is 17.7 Å². The van der Waals surface area contributed by atoms with Crippen LogP contribution in [0.2, 0.25) is 0 Å². The van der Waals surface area contributed by atoms with Gasteiger partial charge in [-0.15, -0.1) is 0 Å². The average Bonchev–Trinajstić information content (AvgIpc) is 2.27. The van der Waals surface area contributed by atoms with Gasteiger partial charge in [0.15, 0.2) is 5.16 Å². The van der Waals surface area contributed by atoms with Crippen LogP contribution in [0.4, 0.5) is 0 Å². The van der Waals surface area contributed by atoms with Crippen LogP contribution in [0.1, 0.15) is 19.8 Å². The molecule has 6 heteroatoms. The third-order valence-electron chi connectivity index (χ3n) is 1.74. The van der Waals surface area contributed by atoms with E-state index in [1.165, 1.54) is 12.3 Å². The van der Waals surface area contributed by atoms with E-state index in [-0.39, 0.29) is 17.3 Å². The molecule has 1 aromatic heterocycles. The molecule has 88 valence electrons. The Balaban J connectivity index is 2.29. The molecule has 0 radical (unpaired) electrons. The molecule has 5 nitrogen and oxygen atoms in total. The summed E-state index contributed by atoms with van der Waals surface area (Å²) in [4.78, 5) is 28.6. The minimum atomic E-state index is -0.287. The SMILES string of the molecule is CCCCOC(=O)CSc1nccc(=O)[nH]1. The highest BCUT2D eigenvalue weighted by Crippen LogP contribution is 2.09. The van der Waals surface area contributed by atoms with Crippen LogP contribution in [0, 0.1) is 0 Å². The van der Waals surface area contributed by atoms with E-state index in [2.05, 4.69) is 9.97 Å². The highest BCUT2D eigenvalue weighted by molar-refractivity contribution is 7.99. The predicted molar refractivity (Wildman–Crippen MR) is 61.4 cm³/mol. The third-order valence-corrected chi connectivity index (χ3v) is 2.60. The molecule has 0 atom stereocenters. The van der Waals surface area contributed by atoms with Gasteiger partial charge in [0, 0.05) is 12.3 Å². The summed E-state index contributed by atoms with van der Waals surface area (Å²) in [5.41, 5.74) is -0.225. The van der Waals surface area contributed by atoms with Crippen molar-refractivity contribution in [3.05, 3.63) is 22.6 Å². The number of aromatic amines is 1. The first-order valence-electron chi connectivity index (χ1n) is 5.06. The maximum atomic E-state index is 11.2. The van der Waals surface area contributed by atoms with E-state index >= 15 is 0 Å². The molecule has 0 bridgehead atoms. The first kappa shape index (κ1) is 12.8. The number of aromatic nitrogens is 2. The molecule has 0 amide bonds. The predicted octanol–water partition coefficient (Wildman–Crippen LogP) is 1.21. The van der Waals surface area contributed by atoms with Crippen molar-refractivity contribution in [2.45, 2.75) is 24.9 Å². The lowest BCUT2D eigenvalue weighted by molar-refractivity contribution is -0.140. The third kappa shape index (κ3) is 4.97. The summed E-state index contributed by atoms with van der Waals surface area (Å²) < 4.78 is 4.95. The first-order chi connectivity index (χ1) is 7.72. The Morgan fingerprint density at radius 3 is 3.12 bits per heavy atom. The van der Waals surface area contributed by atoms with Gasteiger partial charge in [0.1, 0.15) is 0 Å². The summed E-state index contributed by atoms with van der Waals surface area (Å²) in [5, 5.41) is 0.431. The molecule has 0 fully saturated rings. The van der Waals surface area contributed by atoms with Gasteiger partial charge in [-0.1, -0.05) is 25.1 Å². The fourth-order valence-corrected chi connectivity index (χ4v) is 1.57. The van der Waals surface area contributed by atoms with E-state index in [1.54, 1.807) is 0 Å². The summed E-state index contributed by atoms with van der Waals surface area (Å²) in [5.74, 6) is -0.124. The lowest BCUT2D eigenvalue weighted by Crippen LogP contribution is -2.10. The van der Waals surface area contributed by atoms with Crippen LogP contribution in [0.15, 0.2) is 22.2 Å². The zero-order chi connectivity index (χ0) is 11.8. The lowest BCUT2D eigenvalue weighted by atomic mass is 10.4. The van der Waals surface area contributed by atoms with Crippen molar-refractivity contribution < 1.29 is 9.53 Å². The topological polar surface area (TPSA) is 72.0 Å². The number of esters is 1. The van der Waals surface area contributed by atoms with Crippen LogP contribution in [-0.2, 0) is 9.53 Å². The molecular formula is C10H14N2O3S. The monoisotopic (exact) mass is 242 g/mol. The molecule has 0 saturated carbocycles. The van der Waals surface area contributed by atoms with Crippen LogP contribution in [0.3, 0.4) is 0 Å². The van der Waals surface area contributed by atoms with Gasteiger partial charge in [0.05, 0.1) is 12.4 Å². The first-order valence-corrected chi connectivity index (χ1v) is 6.04. The number of nitrogens with zero attached hydrogens (tertiary/aromatic N) is 1. The molecule has 0 aliphatic rings. The Kier molecular flexibility index (Phi) is 5.63. The molecule has 1 rings (SSSR count). The molecule has 16 heavy (non-hydrogen) atoms.